The number of Topliss-reactive ketones (excluding diaryl/α,β-unsaturated/α-hetero) is 1. The van der Waals surface area contributed by atoms with Crippen molar-refractivity contribution in [3.05, 3.63) is 34.9 Å². The molecule has 0 aromatic heterocycles. The van der Waals surface area contributed by atoms with Gasteiger partial charge in [-0.2, -0.15) is 0 Å². The van der Waals surface area contributed by atoms with Gasteiger partial charge in [-0.25, -0.2) is 0 Å². The van der Waals surface area contributed by atoms with Crippen LogP contribution < -0.4 is 5.73 Å². The first kappa shape index (κ1) is 11.9. The Kier molecular flexibility index (Phi) is 2.98. The molecular formula is C16H21NO. The molecule has 1 saturated carbocycles. The lowest BCUT2D eigenvalue weighted by molar-refractivity contribution is -0.125. The average Bonchev–Trinajstić information content (AvgIpc) is 2.47. The van der Waals surface area contributed by atoms with Gasteiger partial charge in [0.1, 0.15) is 0 Å². The highest BCUT2D eigenvalue weighted by molar-refractivity contribution is 5.86. The molecule has 0 spiro atoms. The van der Waals surface area contributed by atoms with Gasteiger partial charge < -0.3 is 5.73 Å². The van der Waals surface area contributed by atoms with E-state index < -0.39 is 0 Å². The lowest BCUT2D eigenvalue weighted by atomic mass is 9.77. The summed E-state index contributed by atoms with van der Waals surface area (Å²) in [4.78, 5) is 12.3. The first-order valence-corrected chi connectivity index (χ1v) is 7.04. The van der Waals surface area contributed by atoms with Crippen LogP contribution >= 0.6 is 0 Å². The maximum atomic E-state index is 12.3. The van der Waals surface area contributed by atoms with E-state index in [1.54, 1.807) is 0 Å². The normalized spacial score (nSPS) is 31.4. The molecule has 3 aliphatic carbocycles. The van der Waals surface area contributed by atoms with E-state index in [1.807, 2.05) is 0 Å². The van der Waals surface area contributed by atoms with Gasteiger partial charge in [0, 0.05) is 5.92 Å². The molecule has 4 rings (SSSR count). The zero-order valence-electron chi connectivity index (χ0n) is 11.0. The highest BCUT2D eigenvalue weighted by Gasteiger charge is 2.33. The van der Waals surface area contributed by atoms with Crippen LogP contribution in [0.2, 0.25) is 0 Å². The SMILES string of the molecule is Cc1cccc2c1C[C@H](N)C(=O)C1CCC2CC1. The standard InChI is InChI=1S/C16H21NO/c1-10-3-2-4-13-11-5-7-12(8-6-11)16(18)15(17)9-14(10)13/h2-4,11-12,15H,5-9,17H2,1H3/t11?,12?,15-/m0/s1. The van der Waals surface area contributed by atoms with Crippen LogP contribution in [0.1, 0.15) is 48.3 Å². The molecule has 96 valence electrons. The quantitative estimate of drug-likeness (QED) is 0.761. The summed E-state index contributed by atoms with van der Waals surface area (Å²) in [6, 6.07) is 6.23. The third kappa shape index (κ3) is 1.89. The van der Waals surface area contributed by atoms with Crippen molar-refractivity contribution in [3.63, 3.8) is 0 Å². The fraction of sp³-hybridized carbons (Fsp3) is 0.562. The Morgan fingerprint density at radius 2 is 1.78 bits per heavy atom. The second-order valence-electron chi connectivity index (χ2n) is 5.90. The summed E-state index contributed by atoms with van der Waals surface area (Å²) in [5.74, 6) is 1.17. The summed E-state index contributed by atoms with van der Waals surface area (Å²) in [5.41, 5.74) is 10.2. The molecule has 0 heterocycles. The van der Waals surface area contributed by atoms with E-state index >= 15 is 0 Å². The van der Waals surface area contributed by atoms with E-state index in [0.29, 0.717) is 11.7 Å². The number of nitrogens with two attached hydrogens (primary N) is 1. The number of ketones is 1. The minimum Gasteiger partial charge on any atom is -0.321 e. The second-order valence-corrected chi connectivity index (χ2v) is 5.90. The molecule has 0 saturated heterocycles. The Morgan fingerprint density at radius 1 is 1.11 bits per heavy atom. The number of hydrogen-bond acceptors (Lipinski definition) is 2. The summed E-state index contributed by atoms with van der Waals surface area (Å²) in [7, 11) is 0. The van der Waals surface area contributed by atoms with Gasteiger partial charge in [-0.3, -0.25) is 4.79 Å². The molecule has 3 aliphatic rings. The topological polar surface area (TPSA) is 43.1 Å². The van der Waals surface area contributed by atoms with E-state index in [9.17, 15) is 4.79 Å². The van der Waals surface area contributed by atoms with Gasteiger partial charge in [-0.05, 0) is 61.6 Å². The number of rotatable bonds is 0. The van der Waals surface area contributed by atoms with Crippen molar-refractivity contribution in [2.24, 2.45) is 11.7 Å². The van der Waals surface area contributed by atoms with Crippen molar-refractivity contribution in [2.45, 2.75) is 51.0 Å². The molecule has 0 amide bonds. The summed E-state index contributed by atoms with van der Waals surface area (Å²) in [6.45, 7) is 2.14. The molecule has 0 aliphatic heterocycles. The largest absolute Gasteiger partial charge is 0.321 e. The Hall–Kier alpha value is -1.15. The molecule has 1 aromatic carbocycles. The number of fused-ring (bicyclic) bond motifs is 4. The zero-order valence-corrected chi connectivity index (χ0v) is 11.0. The van der Waals surface area contributed by atoms with Crippen LogP contribution in [0.25, 0.3) is 0 Å². The lowest BCUT2D eigenvalue weighted by Gasteiger charge is -2.27. The first-order valence-electron chi connectivity index (χ1n) is 7.04. The number of carbonyl (C=O) groups is 1. The number of aryl methyl sites for hydroxylation is 1. The van der Waals surface area contributed by atoms with E-state index in [4.69, 9.17) is 5.73 Å². The van der Waals surface area contributed by atoms with Crippen molar-refractivity contribution in [2.75, 3.05) is 0 Å². The molecule has 2 heteroatoms. The van der Waals surface area contributed by atoms with Crippen molar-refractivity contribution >= 4 is 5.78 Å². The predicted molar refractivity (Wildman–Crippen MR) is 72.6 cm³/mol. The van der Waals surface area contributed by atoms with Crippen LogP contribution in [0.4, 0.5) is 0 Å². The molecule has 0 radical (unpaired) electrons. The fourth-order valence-corrected chi connectivity index (χ4v) is 3.70. The van der Waals surface area contributed by atoms with E-state index in [0.717, 1.165) is 32.1 Å². The smallest absolute Gasteiger partial charge is 0.152 e. The zero-order chi connectivity index (χ0) is 12.7. The molecule has 2 bridgehead atoms. The number of carbonyl (C=O) groups excluding carboxylic acids is 1. The molecule has 2 N–H and O–H groups in total. The van der Waals surface area contributed by atoms with Crippen molar-refractivity contribution in [3.8, 4) is 0 Å². The predicted octanol–water partition coefficient (Wildman–Crippen LogP) is 2.72. The minimum atomic E-state index is -0.299. The van der Waals surface area contributed by atoms with Crippen LogP contribution in [-0.2, 0) is 11.2 Å². The fourth-order valence-electron chi connectivity index (χ4n) is 3.70. The lowest BCUT2D eigenvalue weighted by Crippen LogP contribution is -2.37. The highest BCUT2D eigenvalue weighted by Crippen LogP contribution is 2.40. The number of benzene rings is 1. The van der Waals surface area contributed by atoms with E-state index in [-0.39, 0.29) is 12.0 Å². The molecular weight excluding hydrogens is 222 g/mol. The molecule has 0 unspecified atom stereocenters. The minimum absolute atomic E-state index is 0.228. The van der Waals surface area contributed by atoms with Crippen molar-refractivity contribution in [1.82, 2.24) is 0 Å². The average molecular weight is 243 g/mol. The monoisotopic (exact) mass is 243 g/mol. The summed E-state index contributed by atoms with van der Waals surface area (Å²) >= 11 is 0. The molecule has 1 fully saturated rings. The van der Waals surface area contributed by atoms with Gasteiger partial charge in [-0.1, -0.05) is 18.2 Å². The Morgan fingerprint density at radius 3 is 2.50 bits per heavy atom. The maximum Gasteiger partial charge on any atom is 0.152 e. The van der Waals surface area contributed by atoms with Gasteiger partial charge in [0.05, 0.1) is 6.04 Å². The van der Waals surface area contributed by atoms with Gasteiger partial charge in [-0.15, -0.1) is 0 Å². The van der Waals surface area contributed by atoms with Crippen LogP contribution in [0.3, 0.4) is 0 Å². The molecule has 1 aromatic rings. The first-order chi connectivity index (χ1) is 8.66. The van der Waals surface area contributed by atoms with Crippen LogP contribution in [0, 0.1) is 12.8 Å². The molecule has 18 heavy (non-hydrogen) atoms. The number of hydrogen-bond donors (Lipinski definition) is 1. The van der Waals surface area contributed by atoms with Gasteiger partial charge in [0.15, 0.2) is 5.78 Å². The Bertz CT molecular complexity index is 472. The van der Waals surface area contributed by atoms with Crippen molar-refractivity contribution in [1.29, 1.82) is 0 Å². The third-order valence-corrected chi connectivity index (χ3v) is 4.81. The van der Waals surface area contributed by atoms with Gasteiger partial charge in [0.25, 0.3) is 0 Å². The molecule has 1 atom stereocenters. The Labute approximate surface area is 109 Å². The van der Waals surface area contributed by atoms with Gasteiger partial charge in [0.2, 0.25) is 0 Å². The van der Waals surface area contributed by atoms with E-state index in [2.05, 4.69) is 25.1 Å². The highest BCUT2D eigenvalue weighted by atomic mass is 16.1. The third-order valence-electron chi connectivity index (χ3n) is 4.81. The second kappa shape index (κ2) is 4.51. The van der Waals surface area contributed by atoms with Crippen LogP contribution in [0.15, 0.2) is 18.2 Å². The summed E-state index contributed by atoms with van der Waals surface area (Å²) < 4.78 is 0. The summed E-state index contributed by atoms with van der Waals surface area (Å²) in [5, 5.41) is 0. The maximum absolute atomic E-state index is 12.3. The Balaban J connectivity index is 2.09. The van der Waals surface area contributed by atoms with Crippen LogP contribution in [-0.4, -0.2) is 11.8 Å². The van der Waals surface area contributed by atoms with Crippen molar-refractivity contribution < 1.29 is 4.79 Å². The molecule has 2 nitrogen and oxygen atoms in total. The van der Waals surface area contributed by atoms with Gasteiger partial charge >= 0.3 is 0 Å². The summed E-state index contributed by atoms with van der Waals surface area (Å²) in [6.07, 6.45) is 5.10. The van der Waals surface area contributed by atoms with E-state index in [1.165, 1.54) is 16.7 Å². The van der Waals surface area contributed by atoms with Crippen LogP contribution in [0.5, 0.6) is 0 Å².